The summed E-state index contributed by atoms with van der Waals surface area (Å²) >= 11 is 0. The Morgan fingerprint density at radius 2 is 1.76 bits per heavy atom. The van der Waals surface area contributed by atoms with E-state index in [0.29, 0.717) is 0 Å². The fourth-order valence-corrected chi connectivity index (χ4v) is 4.47. The van der Waals surface area contributed by atoms with Crippen LogP contribution in [0.3, 0.4) is 0 Å². The summed E-state index contributed by atoms with van der Waals surface area (Å²) in [4.78, 5) is 49.3. The molecule has 9 heteroatoms. The minimum atomic E-state index is -2.21. The van der Waals surface area contributed by atoms with Crippen molar-refractivity contribution in [2.24, 2.45) is 5.92 Å². The van der Waals surface area contributed by atoms with E-state index in [1.807, 2.05) is 0 Å². The molecule has 1 heterocycles. The molecule has 25 heavy (non-hydrogen) atoms. The second kappa shape index (κ2) is 5.41. The molecule has 0 spiro atoms. The number of likely N-dealkylation sites (N-methyl/N-ethyl adjacent to an activating group) is 1. The topological polar surface area (TPSA) is 124 Å². The molecule has 0 N–H and O–H groups in total. The monoisotopic (exact) mass is 347 g/mol. The van der Waals surface area contributed by atoms with Crippen molar-refractivity contribution in [3.05, 3.63) is 55.6 Å². The number of piperidine rings is 1. The van der Waals surface area contributed by atoms with Gasteiger partial charge in [0.15, 0.2) is 0 Å². The summed E-state index contributed by atoms with van der Waals surface area (Å²) in [6.07, 6.45) is -0.393. The molecule has 3 rings (SSSR count). The van der Waals surface area contributed by atoms with Gasteiger partial charge in [0, 0.05) is 27.4 Å². The number of hydrogen-bond donors (Lipinski definition) is 0. The maximum absolute atomic E-state index is 13.1. The summed E-state index contributed by atoms with van der Waals surface area (Å²) in [7, 11) is 1.52. The van der Waals surface area contributed by atoms with E-state index in [0.717, 1.165) is 0 Å². The largest absolute Gasteiger partial charge is 0.306 e. The fourth-order valence-electron chi connectivity index (χ4n) is 4.47. The molecule has 1 aromatic rings. The van der Waals surface area contributed by atoms with Crippen molar-refractivity contribution < 1.29 is 19.4 Å². The summed E-state index contributed by atoms with van der Waals surface area (Å²) in [5, 5.41) is 24.2. The van der Waals surface area contributed by atoms with Gasteiger partial charge in [-0.25, -0.2) is 0 Å². The fraction of sp³-hybridized carbons (Fsp3) is 0.500. The Morgan fingerprint density at radius 1 is 1.20 bits per heavy atom. The third kappa shape index (κ3) is 2.05. The minimum absolute atomic E-state index is 0.00352. The lowest BCUT2D eigenvalue weighted by Crippen LogP contribution is -2.75. The Kier molecular flexibility index (Phi) is 3.72. The average Bonchev–Trinajstić information content (AvgIpc) is 2.53. The highest BCUT2D eigenvalue weighted by Crippen LogP contribution is 2.52. The number of nitrogens with zero attached hydrogens (tertiary/aromatic N) is 3. The lowest BCUT2D eigenvalue weighted by Gasteiger charge is -2.50. The van der Waals surface area contributed by atoms with Crippen LogP contribution in [0.2, 0.25) is 0 Å². The SMILES string of the molecule is CC(=O)CC1C2([N+](=O)[O-])CN(C)CC1([N+](=O)[O-])c1ccccc1C2=O. The van der Waals surface area contributed by atoms with Crippen molar-refractivity contribution in [1.29, 1.82) is 0 Å². The van der Waals surface area contributed by atoms with Crippen LogP contribution >= 0.6 is 0 Å². The number of benzene rings is 1. The van der Waals surface area contributed by atoms with E-state index < -0.39 is 44.8 Å². The molecule has 1 saturated heterocycles. The molecule has 0 saturated carbocycles. The Labute approximate surface area is 142 Å². The molecular formula is C16H17N3O6. The Hall–Kier alpha value is -2.68. The molecule has 2 aliphatic rings. The Morgan fingerprint density at radius 3 is 2.32 bits per heavy atom. The van der Waals surface area contributed by atoms with E-state index in [-0.39, 0.29) is 24.2 Å². The summed E-state index contributed by atoms with van der Waals surface area (Å²) in [6.45, 7) is 0.865. The minimum Gasteiger partial charge on any atom is -0.300 e. The lowest BCUT2D eigenvalue weighted by molar-refractivity contribution is -0.640. The van der Waals surface area contributed by atoms with Crippen LogP contribution in [0.4, 0.5) is 0 Å². The van der Waals surface area contributed by atoms with Gasteiger partial charge in [0.1, 0.15) is 11.7 Å². The molecule has 0 radical (unpaired) electrons. The second-order valence-corrected chi connectivity index (χ2v) is 6.87. The number of nitro groups is 2. The van der Waals surface area contributed by atoms with Crippen molar-refractivity contribution in [2.45, 2.75) is 24.4 Å². The molecule has 0 amide bonds. The molecule has 9 nitrogen and oxygen atoms in total. The van der Waals surface area contributed by atoms with Crippen molar-refractivity contribution in [3.8, 4) is 0 Å². The highest BCUT2D eigenvalue weighted by molar-refractivity contribution is 6.06. The molecule has 2 bridgehead atoms. The molecule has 1 aromatic carbocycles. The van der Waals surface area contributed by atoms with Crippen LogP contribution in [0.25, 0.3) is 0 Å². The summed E-state index contributed by atoms with van der Waals surface area (Å²) in [6, 6.07) is 5.95. The number of Topliss-reactive ketones (excluding diaryl/α,β-unsaturated/α-hetero) is 2. The molecule has 0 aromatic heterocycles. The first-order chi connectivity index (χ1) is 11.7. The summed E-state index contributed by atoms with van der Waals surface area (Å²) in [5.74, 6) is -2.51. The number of carbonyl (C=O) groups excluding carboxylic acids is 2. The van der Waals surface area contributed by atoms with E-state index in [9.17, 15) is 29.8 Å². The number of rotatable bonds is 4. The van der Waals surface area contributed by atoms with Crippen LogP contribution in [-0.4, -0.2) is 52.0 Å². The van der Waals surface area contributed by atoms with Gasteiger partial charge in [-0.15, -0.1) is 0 Å². The molecule has 132 valence electrons. The summed E-state index contributed by atoms with van der Waals surface area (Å²) < 4.78 is 0. The molecule has 1 fully saturated rings. The highest BCUT2D eigenvalue weighted by Gasteiger charge is 2.77. The first kappa shape index (κ1) is 17.2. The van der Waals surface area contributed by atoms with Gasteiger partial charge in [-0.1, -0.05) is 24.3 Å². The molecule has 1 aliphatic carbocycles. The maximum atomic E-state index is 13.1. The molecule has 3 atom stereocenters. The number of likely N-dealkylation sites (tertiary alicyclic amines) is 1. The van der Waals surface area contributed by atoms with Crippen molar-refractivity contribution in [1.82, 2.24) is 4.90 Å². The standard InChI is InChI=1S/C16H17N3O6/c1-10(20)7-13-15(18(22)23)8-17(2)9-16(13,19(24)25)14(21)11-5-3-4-6-12(11)15/h3-6,13H,7-9H2,1-2H3. The van der Waals surface area contributed by atoms with Gasteiger partial charge in [0.2, 0.25) is 5.78 Å². The van der Waals surface area contributed by atoms with Crippen LogP contribution in [0.15, 0.2) is 24.3 Å². The van der Waals surface area contributed by atoms with Crippen LogP contribution in [0, 0.1) is 26.1 Å². The predicted molar refractivity (Wildman–Crippen MR) is 85.5 cm³/mol. The number of fused-ring (bicyclic) bond motifs is 4. The Balaban J connectivity index is 2.43. The smallest absolute Gasteiger partial charge is 0.300 e. The van der Waals surface area contributed by atoms with Crippen LogP contribution < -0.4 is 0 Å². The normalized spacial score (nSPS) is 31.3. The van der Waals surface area contributed by atoms with E-state index in [1.165, 1.54) is 37.1 Å². The van der Waals surface area contributed by atoms with Gasteiger partial charge >= 0.3 is 5.54 Å². The number of hydrogen-bond acceptors (Lipinski definition) is 7. The van der Waals surface area contributed by atoms with Crippen LogP contribution in [0.1, 0.15) is 29.3 Å². The molecular weight excluding hydrogens is 330 g/mol. The summed E-state index contributed by atoms with van der Waals surface area (Å²) in [5.41, 5.74) is -3.93. The van der Waals surface area contributed by atoms with Crippen molar-refractivity contribution >= 4 is 11.6 Å². The van der Waals surface area contributed by atoms with Gasteiger partial charge in [-0.05, 0) is 14.0 Å². The Bertz CT molecular complexity index is 809. The molecule has 1 aliphatic heterocycles. The van der Waals surface area contributed by atoms with Gasteiger partial charge < -0.3 is 4.79 Å². The third-order valence-corrected chi connectivity index (χ3v) is 5.35. The zero-order valence-electron chi connectivity index (χ0n) is 13.8. The van der Waals surface area contributed by atoms with E-state index in [4.69, 9.17) is 0 Å². The predicted octanol–water partition coefficient (Wildman–Crippen LogP) is 0.911. The highest BCUT2D eigenvalue weighted by atomic mass is 16.6. The first-order valence-electron chi connectivity index (χ1n) is 7.79. The number of carbonyl (C=O) groups is 2. The lowest BCUT2D eigenvalue weighted by atomic mass is 9.56. The van der Waals surface area contributed by atoms with Crippen LogP contribution in [-0.2, 0) is 10.3 Å². The third-order valence-electron chi connectivity index (χ3n) is 5.35. The van der Waals surface area contributed by atoms with Gasteiger partial charge in [0.25, 0.3) is 5.54 Å². The van der Waals surface area contributed by atoms with Gasteiger partial charge in [0.05, 0.1) is 13.1 Å². The second-order valence-electron chi connectivity index (χ2n) is 6.87. The van der Waals surface area contributed by atoms with E-state index in [1.54, 1.807) is 6.07 Å². The zero-order chi connectivity index (χ0) is 18.6. The van der Waals surface area contributed by atoms with Crippen molar-refractivity contribution in [2.75, 3.05) is 20.1 Å². The van der Waals surface area contributed by atoms with Crippen LogP contribution in [0.5, 0.6) is 0 Å². The maximum Gasteiger partial charge on any atom is 0.306 e. The van der Waals surface area contributed by atoms with Crippen molar-refractivity contribution in [3.63, 3.8) is 0 Å². The zero-order valence-corrected chi connectivity index (χ0v) is 13.8. The van der Waals surface area contributed by atoms with Gasteiger partial charge in [-0.2, -0.15) is 0 Å². The quantitative estimate of drug-likeness (QED) is 0.585. The van der Waals surface area contributed by atoms with E-state index >= 15 is 0 Å². The average molecular weight is 347 g/mol. The first-order valence-corrected chi connectivity index (χ1v) is 7.79. The van der Waals surface area contributed by atoms with E-state index in [2.05, 4.69) is 0 Å². The number of ketones is 2. The van der Waals surface area contributed by atoms with Gasteiger partial charge in [-0.3, -0.25) is 29.9 Å². The molecule has 3 unspecified atom stereocenters.